The van der Waals surface area contributed by atoms with Gasteiger partial charge in [0.15, 0.2) is 0 Å². The fourth-order valence-electron chi connectivity index (χ4n) is 1.43. The van der Waals surface area contributed by atoms with Crippen molar-refractivity contribution < 1.29 is 14.3 Å². The molecule has 0 bridgehead atoms. The van der Waals surface area contributed by atoms with Gasteiger partial charge in [0, 0.05) is 5.92 Å². The maximum Gasteiger partial charge on any atom is 0.125 e. The van der Waals surface area contributed by atoms with Gasteiger partial charge in [0.25, 0.3) is 0 Å². The number of hydrogen-bond acceptors (Lipinski definition) is 3. The van der Waals surface area contributed by atoms with Crippen LogP contribution in [0.2, 0.25) is 0 Å². The lowest BCUT2D eigenvalue weighted by Gasteiger charge is -2.16. The second-order valence-corrected chi connectivity index (χ2v) is 3.85. The van der Waals surface area contributed by atoms with Crippen LogP contribution in [0.5, 0.6) is 5.75 Å². The molecular weight excluding hydrogens is 216 g/mol. The van der Waals surface area contributed by atoms with Gasteiger partial charge in [-0.05, 0) is 17.7 Å². The van der Waals surface area contributed by atoms with Crippen molar-refractivity contribution in [3.63, 3.8) is 0 Å². The number of carbonyl (C=O) groups is 1. The van der Waals surface area contributed by atoms with Crippen molar-refractivity contribution in [2.75, 3.05) is 7.11 Å². The Morgan fingerprint density at radius 2 is 2.00 bits per heavy atom. The summed E-state index contributed by atoms with van der Waals surface area (Å²) in [6.45, 7) is 5.94. The van der Waals surface area contributed by atoms with Gasteiger partial charge in [0.05, 0.1) is 19.8 Å². The molecule has 1 rings (SSSR count). The number of aldehydes is 1. The molecule has 0 aliphatic rings. The van der Waals surface area contributed by atoms with Gasteiger partial charge in [0.1, 0.15) is 12.0 Å². The zero-order chi connectivity index (χ0) is 12.7. The smallest absolute Gasteiger partial charge is 0.125 e. The predicted octanol–water partition coefficient (Wildman–Crippen LogP) is 2.60. The Labute approximate surface area is 102 Å². The van der Waals surface area contributed by atoms with Crippen molar-refractivity contribution in [2.24, 2.45) is 5.92 Å². The average molecular weight is 234 g/mol. The lowest BCUT2D eigenvalue weighted by Crippen LogP contribution is -2.20. The van der Waals surface area contributed by atoms with Crippen LogP contribution in [0.4, 0.5) is 0 Å². The van der Waals surface area contributed by atoms with Crippen LogP contribution in [0.1, 0.15) is 12.5 Å². The van der Waals surface area contributed by atoms with Crippen LogP contribution in [-0.2, 0) is 16.1 Å². The number of benzene rings is 1. The summed E-state index contributed by atoms with van der Waals surface area (Å²) in [4.78, 5) is 10.7. The Kier molecular flexibility index (Phi) is 5.43. The summed E-state index contributed by atoms with van der Waals surface area (Å²) in [6, 6.07) is 7.63. The molecule has 0 aliphatic carbocycles. The van der Waals surface area contributed by atoms with E-state index in [1.165, 1.54) is 0 Å². The first-order chi connectivity index (χ1) is 8.21. The number of ether oxygens (including phenoxy) is 2. The van der Waals surface area contributed by atoms with E-state index >= 15 is 0 Å². The van der Waals surface area contributed by atoms with E-state index in [9.17, 15) is 4.79 Å². The van der Waals surface area contributed by atoms with Crippen LogP contribution in [0.25, 0.3) is 0 Å². The molecule has 0 spiro atoms. The molecule has 2 atom stereocenters. The van der Waals surface area contributed by atoms with Crippen LogP contribution in [0.15, 0.2) is 36.9 Å². The third-order valence-corrected chi connectivity index (χ3v) is 2.57. The van der Waals surface area contributed by atoms with Gasteiger partial charge in [0.2, 0.25) is 0 Å². The second-order valence-electron chi connectivity index (χ2n) is 3.85. The molecule has 17 heavy (non-hydrogen) atoms. The standard InChI is InChI=1S/C14H18O3/c1-4-14(11(2)9-15)17-10-12-5-7-13(16-3)8-6-12/h4-9,11,14H,1,10H2,2-3H3/t11-,14-/m1/s1. The van der Waals surface area contributed by atoms with Crippen LogP contribution >= 0.6 is 0 Å². The van der Waals surface area contributed by atoms with E-state index in [0.29, 0.717) is 6.61 Å². The third kappa shape index (κ3) is 4.04. The average Bonchev–Trinajstić information content (AvgIpc) is 2.39. The molecular formula is C14H18O3. The highest BCUT2D eigenvalue weighted by molar-refractivity contribution is 5.54. The molecule has 1 aromatic carbocycles. The van der Waals surface area contributed by atoms with Gasteiger partial charge in [-0.3, -0.25) is 0 Å². The highest BCUT2D eigenvalue weighted by Gasteiger charge is 2.13. The summed E-state index contributed by atoms with van der Waals surface area (Å²) in [5, 5.41) is 0. The van der Waals surface area contributed by atoms with Gasteiger partial charge in [-0.15, -0.1) is 6.58 Å². The fourth-order valence-corrected chi connectivity index (χ4v) is 1.43. The van der Waals surface area contributed by atoms with Crippen molar-refractivity contribution in [3.8, 4) is 5.75 Å². The first-order valence-corrected chi connectivity index (χ1v) is 5.53. The third-order valence-electron chi connectivity index (χ3n) is 2.57. The van der Waals surface area contributed by atoms with Crippen LogP contribution in [0, 0.1) is 5.92 Å². The molecule has 0 unspecified atom stereocenters. The van der Waals surface area contributed by atoms with E-state index in [-0.39, 0.29) is 12.0 Å². The Morgan fingerprint density at radius 3 is 2.47 bits per heavy atom. The summed E-state index contributed by atoms with van der Waals surface area (Å²) < 4.78 is 10.7. The summed E-state index contributed by atoms with van der Waals surface area (Å²) in [6.07, 6.45) is 2.29. The molecule has 1 aromatic rings. The Bertz CT molecular complexity index is 356. The number of carbonyl (C=O) groups excluding carboxylic acids is 1. The molecule has 0 saturated heterocycles. The molecule has 0 radical (unpaired) electrons. The maximum absolute atomic E-state index is 10.7. The summed E-state index contributed by atoms with van der Waals surface area (Å²) in [7, 11) is 1.63. The van der Waals surface area contributed by atoms with Crippen molar-refractivity contribution >= 4 is 6.29 Å². The van der Waals surface area contributed by atoms with E-state index in [2.05, 4.69) is 6.58 Å². The van der Waals surface area contributed by atoms with E-state index in [1.54, 1.807) is 13.2 Å². The minimum absolute atomic E-state index is 0.175. The Morgan fingerprint density at radius 1 is 1.35 bits per heavy atom. The lowest BCUT2D eigenvalue weighted by atomic mass is 10.1. The molecule has 3 nitrogen and oxygen atoms in total. The predicted molar refractivity (Wildman–Crippen MR) is 67.0 cm³/mol. The van der Waals surface area contributed by atoms with E-state index < -0.39 is 0 Å². The zero-order valence-corrected chi connectivity index (χ0v) is 10.3. The van der Waals surface area contributed by atoms with Gasteiger partial charge in [-0.1, -0.05) is 25.1 Å². The minimum Gasteiger partial charge on any atom is -0.497 e. The summed E-state index contributed by atoms with van der Waals surface area (Å²) in [5.74, 6) is 0.640. The van der Waals surface area contributed by atoms with Crippen LogP contribution < -0.4 is 4.74 Å². The molecule has 0 N–H and O–H groups in total. The van der Waals surface area contributed by atoms with E-state index in [1.807, 2.05) is 31.2 Å². The zero-order valence-electron chi connectivity index (χ0n) is 10.3. The molecule has 0 saturated carbocycles. The highest BCUT2D eigenvalue weighted by Crippen LogP contribution is 2.14. The molecule has 92 valence electrons. The molecule has 3 heteroatoms. The van der Waals surface area contributed by atoms with Gasteiger partial charge >= 0.3 is 0 Å². The largest absolute Gasteiger partial charge is 0.497 e. The minimum atomic E-state index is -0.241. The van der Waals surface area contributed by atoms with E-state index in [0.717, 1.165) is 17.6 Å². The first-order valence-electron chi connectivity index (χ1n) is 5.53. The molecule has 0 amide bonds. The molecule has 0 fully saturated rings. The number of methoxy groups -OCH3 is 1. The SMILES string of the molecule is C=C[C@@H](OCc1ccc(OC)cc1)[C@H](C)C=O. The highest BCUT2D eigenvalue weighted by atomic mass is 16.5. The summed E-state index contributed by atoms with van der Waals surface area (Å²) in [5.41, 5.74) is 1.04. The van der Waals surface area contributed by atoms with Crippen LogP contribution in [0.3, 0.4) is 0 Å². The molecule has 0 aliphatic heterocycles. The van der Waals surface area contributed by atoms with Crippen molar-refractivity contribution in [2.45, 2.75) is 19.6 Å². The van der Waals surface area contributed by atoms with Gasteiger partial charge < -0.3 is 14.3 Å². The Hall–Kier alpha value is -1.61. The van der Waals surface area contributed by atoms with E-state index in [4.69, 9.17) is 9.47 Å². The van der Waals surface area contributed by atoms with Crippen molar-refractivity contribution in [1.82, 2.24) is 0 Å². The topological polar surface area (TPSA) is 35.5 Å². The normalized spacial score (nSPS) is 13.8. The number of hydrogen-bond donors (Lipinski definition) is 0. The quantitative estimate of drug-likeness (QED) is 0.537. The van der Waals surface area contributed by atoms with Crippen molar-refractivity contribution in [3.05, 3.63) is 42.5 Å². The van der Waals surface area contributed by atoms with Gasteiger partial charge in [-0.25, -0.2) is 0 Å². The first kappa shape index (κ1) is 13.5. The monoisotopic (exact) mass is 234 g/mol. The maximum atomic E-state index is 10.7. The van der Waals surface area contributed by atoms with Gasteiger partial charge in [-0.2, -0.15) is 0 Å². The lowest BCUT2D eigenvalue weighted by molar-refractivity contribution is -0.114. The van der Waals surface area contributed by atoms with Crippen LogP contribution in [-0.4, -0.2) is 19.5 Å². The fraction of sp³-hybridized carbons (Fsp3) is 0.357. The Balaban J connectivity index is 2.53. The second kappa shape index (κ2) is 6.86. The van der Waals surface area contributed by atoms with Crippen molar-refractivity contribution in [1.29, 1.82) is 0 Å². The summed E-state index contributed by atoms with van der Waals surface area (Å²) >= 11 is 0. The molecule has 0 aromatic heterocycles. The number of rotatable bonds is 7. The molecule has 0 heterocycles.